The topological polar surface area (TPSA) is 29.0 Å². The highest BCUT2D eigenvalue weighted by molar-refractivity contribution is 6.18. The second kappa shape index (κ2) is 6.62. The van der Waals surface area contributed by atoms with Gasteiger partial charge in [0, 0.05) is 30.7 Å². The average Bonchev–Trinajstić information content (AvgIpc) is 2.27. The summed E-state index contributed by atoms with van der Waals surface area (Å²) in [6.07, 6.45) is 3.75. The Hall–Kier alpha value is -0.830. The van der Waals surface area contributed by atoms with Crippen LogP contribution >= 0.6 is 11.6 Å². The van der Waals surface area contributed by atoms with E-state index in [1.165, 1.54) is 0 Å². The fourth-order valence-corrected chi connectivity index (χ4v) is 1.69. The Morgan fingerprint density at radius 3 is 2.73 bits per heavy atom. The molecule has 0 radical (unpaired) electrons. The van der Waals surface area contributed by atoms with Gasteiger partial charge in [-0.3, -0.25) is 0 Å². The zero-order valence-corrected chi connectivity index (χ0v) is 10.2. The minimum Gasteiger partial charge on any atom is -0.356 e. The molecule has 0 aliphatic heterocycles. The van der Waals surface area contributed by atoms with Gasteiger partial charge in [0.15, 0.2) is 0 Å². The maximum atomic E-state index is 5.74. The molecule has 0 fully saturated rings. The molecule has 0 saturated heterocycles. The summed E-state index contributed by atoms with van der Waals surface area (Å²) in [5.41, 5.74) is 1.11. The van der Waals surface area contributed by atoms with E-state index < -0.39 is 0 Å². The highest BCUT2D eigenvalue weighted by Gasteiger charge is 2.05. The summed E-state index contributed by atoms with van der Waals surface area (Å²) in [5, 5.41) is 0. The molecule has 84 valence electrons. The molecule has 1 aromatic heterocycles. The van der Waals surface area contributed by atoms with Gasteiger partial charge in [-0.1, -0.05) is 13.3 Å². The highest BCUT2D eigenvalue weighted by atomic mass is 35.5. The summed E-state index contributed by atoms with van der Waals surface area (Å²) < 4.78 is 0. The standard InChI is InChI=1S/C11H18ClN3/c1-3-5-10-8-11(14-9-13-10)15(4-2)7-6-12/h8-9H,3-7H2,1-2H3. The minimum atomic E-state index is 0.626. The first kappa shape index (κ1) is 12.2. The lowest BCUT2D eigenvalue weighted by molar-refractivity contribution is 0.824. The molecule has 0 N–H and O–H groups in total. The maximum absolute atomic E-state index is 5.74. The van der Waals surface area contributed by atoms with Gasteiger partial charge in [0.25, 0.3) is 0 Å². The molecule has 1 heterocycles. The molecule has 1 aromatic rings. The number of aryl methyl sites for hydroxylation is 1. The van der Waals surface area contributed by atoms with E-state index in [0.717, 1.165) is 37.4 Å². The minimum absolute atomic E-state index is 0.626. The smallest absolute Gasteiger partial charge is 0.132 e. The molecule has 0 unspecified atom stereocenters. The van der Waals surface area contributed by atoms with E-state index in [1.807, 2.05) is 0 Å². The second-order valence-corrected chi connectivity index (χ2v) is 3.76. The summed E-state index contributed by atoms with van der Waals surface area (Å²) in [5.74, 6) is 1.61. The third kappa shape index (κ3) is 3.67. The van der Waals surface area contributed by atoms with Gasteiger partial charge in [-0.2, -0.15) is 0 Å². The van der Waals surface area contributed by atoms with Crippen molar-refractivity contribution in [1.82, 2.24) is 9.97 Å². The van der Waals surface area contributed by atoms with E-state index in [1.54, 1.807) is 6.33 Å². The average molecular weight is 228 g/mol. The van der Waals surface area contributed by atoms with E-state index in [4.69, 9.17) is 11.6 Å². The number of aromatic nitrogens is 2. The van der Waals surface area contributed by atoms with Crippen molar-refractivity contribution in [2.24, 2.45) is 0 Å². The largest absolute Gasteiger partial charge is 0.356 e. The van der Waals surface area contributed by atoms with Crippen LogP contribution in [0.3, 0.4) is 0 Å². The SMILES string of the molecule is CCCc1cc(N(CC)CCCl)ncn1. The molecule has 0 spiro atoms. The second-order valence-electron chi connectivity index (χ2n) is 3.39. The number of hydrogen-bond donors (Lipinski definition) is 0. The Bertz CT molecular complexity index is 291. The Morgan fingerprint density at radius 2 is 2.13 bits per heavy atom. The lowest BCUT2D eigenvalue weighted by atomic mass is 10.2. The van der Waals surface area contributed by atoms with Crippen molar-refractivity contribution >= 4 is 17.4 Å². The summed E-state index contributed by atoms with van der Waals surface area (Å²) in [6.45, 7) is 6.02. The normalized spacial score (nSPS) is 10.3. The molecule has 0 bridgehead atoms. The van der Waals surface area contributed by atoms with Crippen LogP contribution in [-0.4, -0.2) is 28.9 Å². The van der Waals surface area contributed by atoms with E-state index in [0.29, 0.717) is 5.88 Å². The van der Waals surface area contributed by atoms with Crippen molar-refractivity contribution in [1.29, 1.82) is 0 Å². The fourth-order valence-electron chi connectivity index (χ4n) is 1.49. The third-order valence-corrected chi connectivity index (χ3v) is 2.44. The third-order valence-electron chi connectivity index (χ3n) is 2.28. The zero-order chi connectivity index (χ0) is 11.1. The highest BCUT2D eigenvalue weighted by Crippen LogP contribution is 2.11. The number of rotatable bonds is 6. The first-order chi connectivity index (χ1) is 7.31. The lowest BCUT2D eigenvalue weighted by Crippen LogP contribution is -2.26. The van der Waals surface area contributed by atoms with Crippen molar-refractivity contribution in [2.45, 2.75) is 26.7 Å². The van der Waals surface area contributed by atoms with Crippen molar-refractivity contribution in [3.05, 3.63) is 18.1 Å². The summed E-state index contributed by atoms with van der Waals surface area (Å²) >= 11 is 5.74. The number of alkyl halides is 1. The van der Waals surface area contributed by atoms with Crippen LogP contribution in [0.15, 0.2) is 12.4 Å². The number of anilines is 1. The van der Waals surface area contributed by atoms with E-state index >= 15 is 0 Å². The van der Waals surface area contributed by atoms with Gasteiger partial charge in [0.05, 0.1) is 0 Å². The number of nitrogens with zero attached hydrogens (tertiary/aromatic N) is 3. The first-order valence-corrected chi connectivity index (χ1v) is 5.97. The van der Waals surface area contributed by atoms with Crippen LogP contribution < -0.4 is 4.90 Å². The first-order valence-electron chi connectivity index (χ1n) is 5.43. The monoisotopic (exact) mass is 227 g/mol. The van der Waals surface area contributed by atoms with Gasteiger partial charge in [-0.05, 0) is 13.3 Å². The Balaban J connectivity index is 2.77. The predicted octanol–water partition coefficient (Wildman–Crippen LogP) is 2.49. The molecule has 1 rings (SSSR count). The van der Waals surface area contributed by atoms with Crippen LogP contribution in [0.4, 0.5) is 5.82 Å². The Kier molecular flexibility index (Phi) is 5.40. The molecular formula is C11H18ClN3. The van der Waals surface area contributed by atoms with Crippen LogP contribution in [0.25, 0.3) is 0 Å². The quantitative estimate of drug-likeness (QED) is 0.700. The number of hydrogen-bond acceptors (Lipinski definition) is 3. The molecule has 0 saturated carbocycles. The molecule has 4 heteroatoms. The van der Waals surface area contributed by atoms with Crippen LogP contribution in [0.1, 0.15) is 26.0 Å². The van der Waals surface area contributed by atoms with Gasteiger partial charge < -0.3 is 4.90 Å². The van der Waals surface area contributed by atoms with Crippen molar-refractivity contribution in [2.75, 3.05) is 23.9 Å². The zero-order valence-electron chi connectivity index (χ0n) is 9.41. The molecule has 15 heavy (non-hydrogen) atoms. The van der Waals surface area contributed by atoms with Gasteiger partial charge in [-0.25, -0.2) is 9.97 Å². The Labute approximate surface area is 96.5 Å². The fraction of sp³-hybridized carbons (Fsp3) is 0.636. The molecule has 0 aliphatic carbocycles. The van der Waals surface area contributed by atoms with Gasteiger partial charge in [0.2, 0.25) is 0 Å². The van der Waals surface area contributed by atoms with Crippen molar-refractivity contribution in [3.8, 4) is 0 Å². The summed E-state index contributed by atoms with van der Waals surface area (Å²) in [4.78, 5) is 10.7. The van der Waals surface area contributed by atoms with Crippen LogP contribution in [0, 0.1) is 0 Å². The molecule has 0 aliphatic rings. The van der Waals surface area contributed by atoms with Crippen molar-refractivity contribution in [3.63, 3.8) is 0 Å². The predicted molar refractivity (Wildman–Crippen MR) is 64.6 cm³/mol. The number of halogens is 1. The van der Waals surface area contributed by atoms with Gasteiger partial charge >= 0.3 is 0 Å². The Morgan fingerprint density at radius 1 is 1.33 bits per heavy atom. The summed E-state index contributed by atoms with van der Waals surface area (Å²) in [7, 11) is 0. The van der Waals surface area contributed by atoms with E-state index in [9.17, 15) is 0 Å². The summed E-state index contributed by atoms with van der Waals surface area (Å²) in [6, 6.07) is 2.06. The molecule has 0 atom stereocenters. The van der Waals surface area contributed by atoms with Gasteiger partial charge in [0.1, 0.15) is 12.1 Å². The molecule has 0 aromatic carbocycles. The maximum Gasteiger partial charge on any atom is 0.132 e. The molecule has 0 amide bonds. The van der Waals surface area contributed by atoms with E-state index in [2.05, 4.69) is 34.8 Å². The molecule has 3 nitrogen and oxygen atoms in total. The van der Waals surface area contributed by atoms with Crippen LogP contribution in [0.2, 0.25) is 0 Å². The molecular weight excluding hydrogens is 210 g/mol. The van der Waals surface area contributed by atoms with Gasteiger partial charge in [-0.15, -0.1) is 11.6 Å². The van der Waals surface area contributed by atoms with Crippen molar-refractivity contribution < 1.29 is 0 Å². The van der Waals surface area contributed by atoms with Crippen LogP contribution in [-0.2, 0) is 6.42 Å². The lowest BCUT2D eigenvalue weighted by Gasteiger charge is -2.20. The van der Waals surface area contributed by atoms with Crippen LogP contribution in [0.5, 0.6) is 0 Å². The van der Waals surface area contributed by atoms with E-state index in [-0.39, 0.29) is 0 Å².